The number of nitrogens with one attached hydrogen (secondary N) is 1. The Hall–Kier alpha value is -4.85. The smallest absolute Gasteiger partial charge is 0.312 e. The van der Waals surface area contributed by atoms with Gasteiger partial charge < -0.3 is 24.3 Å². The van der Waals surface area contributed by atoms with Crippen LogP contribution in [0.2, 0.25) is 0 Å². The average molecular weight is 481 g/mol. The summed E-state index contributed by atoms with van der Waals surface area (Å²) in [5.74, 6) is -0.717. The molecule has 2 aliphatic heterocycles. The van der Waals surface area contributed by atoms with Gasteiger partial charge in [0.05, 0.1) is 19.1 Å². The number of para-hydroxylation sites is 1. The van der Waals surface area contributed by atoms with Crippen molar-refractivity contribution in [1.29, 1.82) is 0 Å². The summed E-state index contributed by atoms with van der Waals surface area (Å²) in [5.41, 5.74) is 2.05. The lowest BCUT2D eigenvalue weighted by atomic mass is 9.85. The van der Waals surface area contributed by atoms with Crippen LogP contribution >= 0.6 is 0 Å². The number of rotatable bonds is 3. The number of Topliss-reactive ketones (excluding diaryl/α,β-unsaturated/α-hetero) is 1. The fourth-order valence-corrected chi connectivity index (χ4v) is 4.74. The molecule has 2 N–H and O–H groups in total. The topological polar surface area (TPSA) is 115 Å². The van der Waals surface area contributed by atoms with E-state index in [1.807, 2.05) is 18.2 Å². The standard InChI is InChI=1S/C28H19NO7/c1-34-21-8-6-14(10-20(21)30)11-23-26(32)16-7-9-22-25(27(16)36-23)17(13-24(31)35-22)18-12-15-4-2-3-5-19(15)29-28(18)33/h2-12,17,30H,13H2,1H3,(H,29,33). The van der Waals surface area contributed by atoms with Crippen molar-refractivity contribution in [1.82, 2.24) is 4.98 Å². The zero-order valence-corrected chi connectivity index (χ0v) is 19.0. The van der Waals surface area contributed by atoms with Gasteiger partial charge >= 0.3 is 5.97 Å². The summed E-state index contributed by atoms with van der Waals surface area (Å²) < 4.78 is 16.5. The Balaban J connectivity index is 1.47. The van der Waals surface area contributed by atoms with Gasteiger partial charge in [0.2, 0.25) is 5.78 Å². The highest BCUT2D eigenvalue weighted by molar-refractivity contribution is 6.15. The van der Waals surface area contributed by atoms with Crippen molar-refractivity contribution in [2.75, 3.05) is 7.11 Å². The number of ketones is 1. The zero-order chi connectivity index (χ0) is 25.0. The fourth-order valence-electron chi connectivity index (χ4n) is 4.74. The minimum absolute atomic E-state index is 0.0473. The summed E-state index contributed by atoms with van der Waals surface area (Å²) in [7, 11) is 1.44. The molecule has 0 aliphatic carbocycles. The Morgan fingerprint density at radius 1 is 1.03 bits per heavy atom. The predicted octanol–water partition coefficient (Wildman–Crippen LogP) is 4.30. The first-order valence-electron chi connectivity index (χ1n) is 11.2. The molecule has 4 aromatic rings. The minimum atomic E-state index is -0.665. The van der Waals surface area contributed by atoms with Crippen LogP contribution in [0.1, 0.15) is 39.4 Å². The van der Waals surface area contributed by atoms with Gasteiger partial charge in [-0.05, 0) is 53.4 Å². The number of esters is 1. The van der Waals surface area contributed by atoms with Crippen molar-refractivity contribution in [2.45, 2.75) is 12.3 Å². The van der Waals surface area contributed by atoms with Gasteiger partial charge in [0.25, 0.3) is 5.56 Å². The minimum Gasteiger partial charge on any atom is -0.504 e. The fraction of sp³-hybridized carbons (Fsp3) is 0.107. The van der Waals surface area contributed by atoms with Crippen LogP contribution < -0.4 is 19.8 Å². The van der Waals surface area contributed by atoms with Crippen LogP contribution in [0.5, 0.6) is 23.0 Å². The van der Waals surface area contributed by atoms with E-state index >= 15 is 0 Å². The molecule has 178 valence electrons. The van der Waals surface area contributed by atoms with Gasteiger partial charge in [-0.25, -0.2) is 0 Å². The second-order valence-electron chi connectivity index (χ2n) is 8.60. The van der Waals surface area contributed by atoms with Gasteiger partial charge in [0.1, 0.15) is 11.5 Å². The first kappa shape index (κ1) is 21.7. The van der Waals surface area contributed by atoms with Crippen molar-refractivity contribution < 1.29 is 28.9 Å². The Bertz CT molecular complexity index is 1680. The Morgan fingerprint density at radius 2 is 1.86 bits per heavy atom. The number of aromatic nitrogens is 1. The molecule has 0 saturated heterocycles. The van der Waals surface area contributed by atoms with Crippen LogP contribution in [-0.4, -0.2) is 29.0 Å². The van der Waals surface area contributed by atoms with Crippen LogP contribution in [0.3, 0.4) is 0 Å². The summed E-state index contributed by atoms with van der Waals surface area (Å²) in [6.07, 6.45) is 1.44. The van der Waals surface area contributed by atoms with E-state index in [4.69, 9.17) is 14.2 Å². The zero-order valence-electron chi connectivity index (χ0n) is 19.0. The second-order valence-corrected chi connectivity index (χ2v) is 8.60. The van der Waals surface area contributed by atoms with Crippen LogP contribution in [0.25, 0.3) is 17.0 Å². The van der Waals surface area contributed by atoms with E-state index in [1.165, 1.54) is 19.3 Å². The van der Waals surface area contributed by atoms with Gasteiger partial charge in [0.15, 0.2) is 17.3 Å². The van der Waals surface area contributed by atoms with Crippen molar-refractivity contribution in [2.24, 2.45) is 0 Å². The van der Waals surface area contributed by atoms with E-state index < -0.39 is 11.9 Å². The number of aromatic hydroxyl groups is 1. The molecular weight excluding hydrogens is 462 g/mol. The van der Waals surface area contributed by atoms with Crippen molar-refractivity contribution in [3.63, 3.8) is 0 Å². The van der Waals surface area contributed by atoms with Crippen molar-refractivity contribution in [3.05, 3.63) is 99.0 Å². The van der Waals surface area contributed by atoms with Crippen LogP contribution in [0, 0.1) is 0 Å². The van der Waals surface area contributed by atoms with Crippen LogP contribution in [0.4, 0.5) is 0 Å². The van der Waals surface area contributed by atoms with Gasteiger partial charge in [-0.15, -0.1) is 0 Å². The Labute approximate surface area is 204 Å². The third-order valence-electron chi connectivity index (χ3n) is 6.44. The molecule has 1 unspecified atom stereocenters. The number of pyridine rings is 1. The summed E-state index contributed by atoms with van der Waals surface area (Å²) in [6, 6.07) is 16.9. The quantitative estimate of drug-likeness (QED) is 0.255. The summed E-state index contributed by atoms with van der Waals surface area (Å²) in [5, 5.41) is 10.9. The molecule has 0 amide bonds. The molecule has 1 atom stereocenters. The number of carbonyl (C=O) groups is 2. The number of allylic oxidation sites excluding steroid dienone is 1. The number of carbonyl (C=O) groups excluding carboxylic acids is 2. The summed E-state index contributed by atoms with van der Waals surface area (Å²) in [4.78, 5) is 41.6. The molecule has 0 fully saturated rings. The molecular formula is C28H19NO7. The Kier molecular flexibility index (Phi) is 4.89. The van der Waals surface area contributed by atoms with Crippen molar-refractivity contribution >= 4 is 28.7 Å². The molecule has 3 aromatic carbocycles. The number of phenolic OH excluding ortho intramolecular Hbond substituents is 1. The van der Waals surface area contributed by atoms with Gasteiger partial charge in [0, 0.05) is 22.6 Å². The number of hydrogen-bond donors (Lipinski definition) is 2. The number of H-pyrrole nitrogens is 1. The molecule has 0 spiro atoms. The molecule has 0 bridgehead atoms. The first-order valence-corrected chi connectivity index (χ1v) is 11.2. The molecule has 0 radical (unpaired) electrons. The maximum atomic E-state index is 13.2. The molecule has 36 heavy (non-hydrogen) atoms. The van der Waals surface area contributed by atoms with Crippen molar-refractivity contribution in [3.8, 4) is 23.0 Å². The number of methoxy groups -OCH3 is 1. The van der Waals surface area contributed by atoms with E-state index in [0.717, 1.165) is 5.39 Å². The second kappa shape index (κ2) is 8.13. The highest BCUT2D eigenvalue weighted by Crippen LogP contribution is 2.48. The van der Waals surface area contributed by atoms with E-state index in [-0.39, 0.29) is 40.8 Å². The number of benzene rings is 3. The molecule has 2 aliphatic rings. The number of aromatic amines is 1. The summed E-state index contributed by atoms with van der Waals surface area (Å²) in [6.45, 7) is 0. The molecule has 6 rings (SSSR count). The molecule has 8 nitrogen and oxygen atoms in total. The van der Waals surface area contributed by atoms with E-state index in [2.05, 4.69) is 4.98 Å². The number of ether oxygens (including phenoxy) is 3. The lowest BCUT2D eigenvalue weighted by molar-refractivity contribution is -0.135. The maximum Gasteiger partial charge on any atom is 0.312 e. The highest BCUT2D eigenvalue weighted by Gasteiger charge is 2.39. The SMILES string of the molecule is COc1ccc(C=C2Oc3c(ccc4c3C(c3cc5ccccc5[nH]c3=O)CC(=O)O4)C2=O)cc1O. The van der Waals surface area contributed by atoms with Crippen LogP contribution in [-0.2, 0) is 4.79 Å². The number of hydrogen-bond acceptors (Lipinski definition) is 7. The third kappa shape index (κ3) is 3.42. The Morgan fingerprint density at radius 3 is 2.67 bits per heavy atom. The predicted molar refractivity (Wildman–Crippen MR) is 131 cm³/mol. The van der Waals surface area contributed by atoms with E-state index in [9.17, 15) is 19.5 Å². The summed E-state index contributed by atoms with van der Waals surface area (Å²) >= 11 is 0. The maximum absolute atomic E-state index is 13.2. The first-order chi connectivity index (χ1) is 17.4. The third-order valence-corrected chi connectivity index (χ3v) is 6.44. The molecule has 0 saturated carbocycles. The van der Waals surface area contributed by atoms with Gasteiger partial charge in [-0.1, -0.05) is 24.3 Å². The molecule has 1 aromatic heterocycles. The monoisotopic (exact) mass is 481 g/mol. The van der Waals surface area contributed by atoms with E-state index in [0.29, 0.717) is 33.5 Å². The normalized spacial score (nSPS) is 17.5. The van der Waals surface area contributed by atoms with E-state index in [1.54, 1.807) is 36.4 Å². The molecule has 8 heteroatoms. The number of fused-ring (bicyclic) bond motifs is 4. The lowest BCUT2D eigenvalue weighted by Gasteiger charge is -2.26. The van der Waals surface area contributed by atoms with Gasteiger partial charge in [-0.2, -0.15) is 0 Å². The average Bonchev–Trinajstić information content (AvgIpc) is 3.18. The van der Waals surface area contributed by atoms with Crippen LogP contribution in [0.15, 0.2) is 71.2 Å². The van der Waals surface area contributed by atoms with Gasteiger partial charge in [-0.3, -0.25) is 14.4 Å². The lowest BCUT2D eigenvalue weighted by Crippen LogP contribution is -2.26. The number of phenols is 1. The largest absolute Gasteiger partial charge is 0.504 e. The molecule has 3 heterocycles. The highest BCUT2D eigenvalue weighted by atomic mass is 16.5.